The van der Waals surface area contributed by atoms with Gasteiger partial charge in [0.1, 0.15) is 6.04 Å². The summed E-state index contributed by atoms with van der Waals surface area (Å²) >= 11 is 0. The Morgan fingerprint density at radius 3 is 2.70 bits per heavy atom. The molecular weight excluding hydrogens is 256 g/mol. The third-order valence-corrected chi connectivity index (χ3v) is 3.51. The molecule has 1 aliphatic heterocycles. The first kappa shape index (κ1) is 14.5. The van der Waals surface area contributed by atoms with Gasteiger partial charge in [0.2, 0.25) is 5.91 Å². The van der Waals surface area contributed by atoms with Crippen LogP contribution in [0.1, 0.15) is 24.8 Å². The highest BCUT2D eigenvalue weighted by molar-refractivity contribution is 5.84. The van der Waals surface area contributed by atoms with E-state index in [1.165, 1.54) is 0 Å². The summed E-state index contributed by atoms with van der Waals surface area (Å²) in [5, 5.41) is 15.1. The molecule has 20 heavy (non-hydrogen) atoms. The highest BCUT2D eigenvalue weighted by atomic mass is 16.4. The minimum atomic E-state index is -0.999. The third-order valence-electron chi connectivity index (χ3n) is 3.51. The fourth-order valence-corrected chi connectivity index (χ4v) is 2.46. The van der Waals surface area contributed by atoms with Gasteiger partial charge in [0.05, 0.1) is 0 Å². The molecule has 0 radical (unpaired) electrons. The number of carboxylic acid groups (broad SMARTS) is 1. The van der Waals surface area contributed by atoms with E-state index in [1.54, 1.807) is 0 Å². The van der Waals surface area contributed by atoms with Gasteiger partial charge in [-0.15, -0.1) is 0 Å². The number of hydrogen-bond donors (Lipinski definition) is 3. The van der Waals surface area contributed by atoms with E-state index in [4.69, 9.17) is 0 Å². The predicted octanol–water partition coefficient (Wildman–Crippen LogP) is 0.941. The van der Waals surface area contributed by atoms with Crippen LogP contribution in [0.15, 0.2) is 30.3 Å². The zero-order chi connectivity index (χ0) is 14.4. The molecule has 1 aromatic rings. The molecule has 0 spiro atoms. The molecule has 5 nitrogen and oxygen atoms in total. The van der Waals surface area contributed by atoms with Crippen LogP contribution < -0.4 is 10.6 Å². The van der Waals surface area contributed by atoms with Crippen molar-refractivity contribution < 1.29 is 14.7 Å². The molecule has 3 N–H and O–H groups in total. The van der Waals surface area contributed by atoms with Gasteiger partial charge < -0.3 is 15.7 Å². The molecular formula is C15H20N2O3. The number of carbonyl (C=O) groups is 2. The lowest BCUT2D eigenvalue weighted by molar-refractivity contribution is -0.141. The lowest BCUT2D eigenvalue weighted by Crippen LogP contribution is -2.44. The van der Waals surface area contributed by atoms with Crippen LogP contribution in [0.2, 0.25) is 0 Å². The second kappa shape index (κ2) is 7.05. The van der Waals surface area contributed by atoms with E-state index >= 15 is 0 Å². The first-order valence-electron chi connectivity index (χ1n) is 6.94. The van der Waals surface area contributed by atoms with Gasteiger partial charge in [0.15, 0.2) is 0 Å². The Labute approximate surface area is 118 Å². The fraction of sp³-hybridized carbons (Fsp3) is 0.467. The molecule has 0 bridgehead atoms. The summed E-state index contributed by atoms with van der Waals surface area (Å²) in [6.07, 6.45) is 2.70. The molecule has 5 heteroatoms. The SMILES string of the molecule is O=C(CC1CCCN1)N[C@H](Cc1ccccc1)C(=O)O. The van der Waals surface area contributed by atoms with E-state index in [-0.39, 0.29) is 11.9 Å². The summed E-state index contributed by atoms with van der Waals surface area (Å²) in [4.78, 5) is 23.1. The van der Waals surface area contributed by atoms with Crippen LogP contribution in [0.5, 0.6) is 0 Å². The summed E-state index contributed by atoms with van der Waals surface area (Å²) in [6, 6.07) is 8.63. The van der Waals surface area contributed by atoms with Crippen molar-refractivity contribution in [1.29, 1.82) is 0 Å². The molecule has 1 amide bonds. The average Bonchev–Trinajstić information content (AvgIpc) is 2.92. The van der Waals surface area contributed by atoms with E-state index < -0.39 is 12.0 Å². The number of hydrogen-bond acceptors (Lipinski definition) is 3. The number of nitrogens with one attached hydrogen (secondary N) is 2. The summed E-state index contributed by atoms with van der Waals surface area (Å²) in [7, 11) is 0. The number of amides is 1. The van der Waals surface area contributed by atoms with E-state index in [9.17, 15) is 14.7 Å². The van der Waals surface area contributed by atoms with Crippen molar-refractivity contribution in [3.05, 3.63) is 35.9 Å². The maximum absolute atomic E-state index is 11.9. The van der Waals surface area contributed by atoms with Gasteiger partial charge in [-0.25, -0.2) is 4.79 Å². The first-order valence-corrected chi connectivity index (χ1v) is 6.94. The van der Waals surface area contributed by atoms with E-state index in [2.05, 4.69) is 10.6 Å². The molecule has 1 heterocycles. The van der Waals surface area contributed by atoms with Gasteiger partial charge in [0.25, 0.3) is 0 Å². The van der Waals surface area contributed by atoms with Crippen LogP contribution in [0.3, 0.4) is 0 Å². The number of carbonyl (C=O) groups excluding carboxylic acids is 1. The Morgan fingerprint density at radius 2 is 2.10 bits per heavy atom. The van der Waals surface area contributed by atoms with Crippen LogP contribution in [-0.2, 0) is 16.0 Å². The average molecular weight is 276 g/mol. The zero-order valence-electron chi connectivity index (χ0n) is 11.3. The minimum absolute atomic E-state index is 0.182. The number of benzene rings is 1. The largest absolute Gasteiger partial charge is 0.480 e. The van der Waals surface area contributed by atoms with Crippen LogP contribution in [0, 0.1) is 0 Å². The van der Waals surface area contributed by atoms with Crippen LogP contribution in [0.4, 0.5) is 0 Å². The quantitative estimate of drug-likeness (QED) is 0.722. The van der Waals surface area contributed by atoms with Gasteiger partial charge >= 0.3 is 5.97 Å². The highest BCUT2D eigenvalue weighted by Gasteiger charge is 2.23. The molecule has 1 aromatic carbocycles. The molecule has 108 valence electrons. The Balaban J connectivity index is 1.88. The van der Waals surface area contributed by atoms with Gasteiger partial charge in [-0.3, -0.25) is 4.79 Å². The maximum Gasteiger partial charge on any atom is 0.326 e. The molecule has 2 atom stereocenters. The van der Waals surface area contributed by atoms with Crippen molar-refractivity contribution in [2.24, 2.45) is 0 Å². The monoisotopic (exact) mass is 276 g/mol. The standard InChI is InChI=1S/C15H20N2O3/c18-14(10-12-7-4-8-16-12)17-13(15(19)20)9-11-5-2-1-3-6-11/h1-3,5-6,12-13,16H,4,7-10H2,(H,17,18)(H,19,20)/t12?,13-/m1/s1. The Hall–Kier alpha value is -1.88. The first-order chi connectivity index (χ1) is 9.65. The van der Waals surface area contributed by atoms with Crippen molar-refractivity contribution in [2.45, 2.75) is 37.8 Å². The van der Waals surface area contributed by atoms with Crippen molar-refractivity contribution in [3.63, 3.8) is 0 Å². The summed E-state index contributed by atoms with van der Waals surface area (Å²) in [5.74, 6) is -1.20. The molecule has 1 fully saturated rings. The van der Waals surface area contributed by atoms with Gasteiger partial charge in [-0.1, -0.05) is 30.3 Å². The summed E-state index contributed by atoms with van der Waals surface area (Å²) in [5.41, 5.74) is 0.902. The zero-order valence-corrected chi connectivity index (χ0v) is 11.3. The van der Waals surface area contributed by atoms with Crippen LogP contribution in [-0.4, -0.2) is 35.6 Å². The lowest BCUT2D eigenvalue weighted by atomic mass is 10.1. The molecule has 2 rings (SSSR count). The second-order valence-electron chi connectivity index (χ2n) is 5.15. The molecule has 1 unspecified atom stereocenters. The highest BCUT2D eigenvalue weighted by Crippen LogP contribution is 2.09. The van der Waals surface area contributed by atoms with E-state index in [1.807, 2.05) is 30.3 Å². The van der Waals surface area contributed by atoms with Gasteiger partial charge in [-0.05, 0) is 24.9 Å². The van der Waals surface area contributed by atoms with Crippen LogP contribution >= 0.6 is 0 Å². The van der Waals surface area contributed by atoms with E-state index in [0.29, 0.717) is 12.8 Å². The van der Waals surface area contributed by atoms with Crippen molar-refractivity contribution in [1.82, 2.24) is 10.6 Å². The van der Waals surface area contributed by atoms with Crippen LogP contribution in [0.25, 0.3) is 0 Å². The smallest absolute Gasteiger partial charge is 0.326 e. The van der Waals surface area contributed by atoms with Gasteiger partial charge in [-0.2, -0.15) is 0 Å². The number of aliphatic carboxylic acids is 1. The third kappa shape index (κ3) is 4.35. The van der Waals surface area contributed by atoms with Crippen molar-refractivity contribution >= 4 is 11.9 Å². The lowest BCUT2D eigenvalue weighted by Gasteiger charge is -2.16. The van der Waals surface area contributed by atoms with Crippen molar-refractivity contribution in [3.8, 4) is 0 Å². The second-order valence-corrected chi connectivity index (χ2v) is 5.15. The summed E-state index contributed by atoms with van der Waals surface area (Å²) in [6.45, 7) is 0.935. The molecule has 1 saturated heterocycles. The molecule has 0 aromatic heterocycles. The maximum atomic E-state index is 11.9. The Bertz CT molecular complexity index is 455. The predicted molar refractivity (Wildman–Crippen MR) is 75.4 cm³/mol. The van der Waals surface area contributed by atoms with E-state index in [0.717, 1.165) is 24.9 Å². The number of rotatable bonds is 6. The minimum Gasteiger partial charge on any atom is -0.480 e. The topological polar surface area (TPSA) is 78.4 Å². The molecule has 0 aliphatic carbocycles. The number of carboxylic acids is 1. The molecule has 0 saturated carbocycles. The Kier molecular flexibility index (Phi) is 5.12. The summed E-state index contributed by atoms with van der Waals surface area (Å²) < 4.78 is 0. The Morgan fingerprint density at radius 1 is 1.35 bits per heavy atom. The normalized spacial score (nSPS) is 19.5. The molecule has 1 aliphatic rings. The van der Waals surface area contributed by atoms with Gasteiger partial charge in [0, 0.05) is 18.9 Å². The fourth-order valence-electron chi connectivity index (χ4n) is 2.46. The van der Waals surface area contributed by atoms with Crippen molar-refractivity contribution in [2.75, 3.05) is 6.54 Å².